The molecule has 0 aliphatic carbocycles. The average Bonchev–Trinajstić information content (AvgIpc) is 2.78. The van der Waals surface area contributed by atoms with Crippen LogP contribution >= 0.6 is 0 Å². The maximum Gasteiger partial charge on any atom is 0.293 e. The van der Waals surface area contributed by atoms with Crippen LogP contribution in [0.15, 0.2) is 0 Å². The zero-order valence-corrected chi connectivity index (χ0v) is 9.72. The van der Waals surface area contributed by atoms with E-state index in [1.54, 1.807) is 0 Å². The third-order valence-electron chi connectivity index (χ3n) is 2.58. The molecule has 0 aromatic rings. The molecule has 8 heteroatoms. The molecule has 1 fully saturated rings. The van der Waals surface area contributed by atoms with E-state index in [4.69, 9.17) is 18.9 Å². The van der Waals surface area contributed by atoms with E-state index in [0.717, 1.165) is 0 Å². The van der Waals surface area contributed by atoms with Crippen LogP contribution in [-0.4, -0.2) is 64.2 Å². The second kappa shape index (κ2) is 7.62. The molecule has 0 spiro atoms. The van der Waals surface area contributed by atoms with E-state index in [0.29, 0.717) is 0 Å². The Morgan fingerprint density at radius 3 is 2.61 bits per heavy atom. The van der Waals surface area contributed by atoms with Crippen LogP contribution in [0.25, 0.3) is 0 Å². The van der Waals surface area contributed by atoms with Crippen molar-refractivity contribution in [3.63, 3.8) is 0 Å². The Hall–Kier alpha value is -1.67. The molecule has 0 aromatic carbocycles. The molecule has 0 bridgehead atoms. The molecule has 1 aliphatic rings. The number of ether oxygens (including phenoxy) is 5. The highest BCUT2D eigenvalue weighted by atomic mass is 16.6. The third-order valence-corrected chi connectivity index (χ3v) is 2.58. The summed E-state index contributed by atoms with van der Waals surface area (Å²) in [5, 5.41) is 0. The Kier molecular flexibility index (Phi) is 6.09. The Morgan fingerprint density at radius 2 is 2.06 bits per heavy atom. The van der Waals surface area contributed by atoms with Crippen LogP contribution in [0.4, 0.5) is 0 Å². The number of carbonyl (C=O) groups is 3. The van der Waals surface area contributed by atoms with Gasteiger partial charge in [-0.3, -0.25) is 14.4 Å². The van der Waals surface area contributed by atoms with Gasteiger partial charge in [-0.25, -0.2) is 0 Å². The molecule has 1 saturated heterocycles. The van der Waals surface area contributed by atoms with Crippen molar-refractivity contribution in [2.75, 3.05) is 20.3 Å². The number of hydrogen-bond acceptors (Lipinski definition) is 8. The largest absolute Gasteiger partial charge is 0.464 e. The van der Waals surface area contributed by atoms with Gasteiger partial charge in [0.05, 0.1) is 6.61 Å². The van der Waals surface area contributed by atoms with Gasteiger partial charge in [-0.2, -0.15) is 0 Å². The smallest absolute Gasteiger partial charge is 0.293 e. The fourth-order valence-corrected chi connectivity index (χ4v) is 1.77. The van der Waals surface area contributed by atoms with Gasteiger partial charge in [0, 0.05) is 7.11 Å². The van der Waals surface area contributed by atoms with Gasteiger partial charge in [-0.15, -0.1) is 0 Å². The van der Waals surface area contributed by atoms with Crippen LogP contribution < -0.4 is 0 Å². The van der Waals surface area contributed by atoms with Crippen molar-refractivity contribution in [2.24, 2.45) is 0 Å². The fourth-order valence-electron chi connectivity index (χ4n) is 1.77. The molecular weight excluding hydrogens is 248 g/mol. The average molecular weight is 262 g/mol. The molecule has 8 nitrogen and oxygen atoms in total. The molecule has 1 rings (SSSR count). The van der Waals surface area contributed by atoms with Crippen LogP contribution in [-0.2, 0) is 38.1 Å². The van der Waals surface area contributed by atoms with E-state index in [-0.39, 0.29) is 32.6 Å². The Morgan fingerprint density at radius 1 is 1.28 bits per heavy atom. The third kappa shape index (κ3) is 3.41. The van der Waals surface area contributed by atoms with E-state index < -0.39 is 24.4 Å². The second-order valence-corrected chi connectivity index (χ2v) is 3.47. The van der Waals surface area contributed by atoms with Crippen LogP contribution in [0.2, 0.25) is 0 Å². The zero-order chi connectivity index (χ0) is 13.4. The van der Waals surface area contributed by atoms with Gasteiger partial charge in [0.1, 0.15) is 18.8 Å². The summed E-state index contributed by atoms with van der Waals surface area (Å²) in [4.78, 5) is 31.0. The fraction of sp³-hybridized carbons (Fsp3) is 0.700. The van der Waals surface area contributed by atoms with Crippen LogP contribution in [0.1, 0.15) is 0 Å². The van der Waals surface area contributed by atoms with E-state index in [1.165, 1.54) is 7.11 Å². The molecule has 0 amide bonds. The van der Waals surface area contributed by atoms with Crippen LogP contribution in [0, 0.1) is 0 Å². The maximum absolute atomic E-state index is 10.4. The van der Waals surface area contributed by atoms with Gasteiger partial charge in [0.25, 0.3) is 19.4 Å². The quantitative estimate of drug-likeness (QED) is 0.372. The monoisotopic (exact) mass is 262 g/mol. The van der Waals surface area contributed by atoms with Crippen LogP contribution in [0.3, 0.4) is 0 Å². The normalized spacial score (nSPS) is 28.2. The summed E-state index contributed by atoms with van der Waals surface area (Å²) in [5.41, 5.74) is 0. The molecule has 0 saturated carbocycles. The van der Waals surface area contributed by atoms with Crippen molar-refractivity contribution < 1.29 is 38.1 Å². The highest BCUT2D eigenvalue weighted by molar-refractivity contribution is 5.40. The van der Waals surface area contributed by atoms with Crippen molar-refractivity contribution in [1.29, 1.82) is 0 Å². The van der Waals surface area contributed by atoms with Crippen molar-refractivity contribution >= 4 is 19.4 Å². The molecule has 0 radical (unpaired) electrons. The van der Waals surface area contributed by atoms with E-state index in [9.17, 15) is 14.4 Å². The highest BCUT2D eigenvalue weighted by Gasteiger charge is 2.45. The minimum atomic E-state index is -0.863. The predicted molar refractivity (Wildman–Crippen MR) is 54.4 cm³/mol. The highest BCUT2D eigenvalue weighted by Crippen LogP contribution is 2.23. The van der Waals surface area contributed by atoms with Crippen molar-refractivity contribution in [1.82, 2.24) is 0 Å². The Labute approximate surface area is 103 Å². The predicted octanol–water partition coefficient (Wildman–Crippen LogP) is -1.34. The lowest BCUT2D eigenvalue weighted by Gasteiger charge is -2.25. The summed E-state index contributed by atoms with van der Waals surface area (Å²) in [6.45, 7) is 0.679. The lowest BCUT2D eigenvalue weighted by molar-refractivity contribution is -0.160. The lowest BCUT2D eigenvalue weighted by atomic mass is 10.1. The zero-order valence-electron chi connectivity index (χ0n) is 9.72. The second-order valence-electron chi connectivity index (χ2n) is 3.47. The molecule has 102 valence electrons. The number of carbonyl (C=O) groups excluding carboxylic acids is 3. The van der Waals surface area contributed by atoms with Crippen LogP contribution in [0.5, 0.6) is 0 Å². The van der Waals surface area contributed by atoms with Gasteiger partial charge >= 0.3 is 0 Å². The summed E-state index contributed by atoms with van der Waals surface area (Å²) in [6, 6.07) is 0. The summed E-state index contributed by atoms with van der Waals surface area (Å²) in [7, 11) is 1.44. The first-order valence-electron chi connectivity index (χ1n) is 5.16. The number of rotatable bonds is 9. The standard InChI is InChI=1S/C10H14O8/c1-14-7-3-16-10(9(7)18-6-13)8(17-5-12)2-15-4-11/h4-10H,2-3H2,1H3. The van der Waals surface area contributed by atoms with Gasteiger partial charge < -0.3 is 23.7 Å². The molecule has 0 aromatic heterocycles. The van der Waals surface area contributed by atoms with E-state index in [2.05, 4.69) is 4.74 Å². The minimum absolute atomic E-state index is 0.180. The SMILES string of the molecule is COC1COC(C(COC=O)OC=O)C1OC=O. The van der Waals surface area contributed by atoms with Gasteiger partial charge in [-0.05, 0) is 0 Å². The van der Waals surface area contributed by atoms with Gasteiger partial charge in [0.2, 0.25) is 0 Å². The topological polar surface area (TPSA) is 97.4 Å². The Bertz CT molecular complexity index is 281. The minimum Gasteiger partial charge on any atom is -0.464 e. The molecule has 1 heterocycles. The molecule has 1 aliphatic heterocycles. The van der Waals surface area contributed by atoms with Crippen molar-refractivity contribution in [3.8, 4) is 0 Å². The maximum atomic E-state index is 10.4. The number of hydrogen-bond donors (Lipinski definition) is 0. The molecular formula is C10H14O8. The summed E-state index contributed by atoms with van der Waals surface area (Å²) in [6.07, 6.45) is -2.80. The summed E-state index contributed by atoms with van der Waals surface area (Å²) >= 11 is 0. The molecule has 0 N–H and O–H groups in total. The van der Waals surface area contributed by atoms with E-state index in [1.807, 2.05) is 0 Å². The van der Waals surface area contributed by atoms with Crippen molar-refractivity contribution in [2.45, 2.75) is 24.4 Å². The first-order valence-corrected chi connectivity index (χ1v) is 5.16. The molecule has 4 unspecified atom stereocenters. The Balaban J connectivity index is 2.71. The summed E-state index contributed by atoms with van der Waals surface area (Å²) < 4.78 is 24.6. The first-order chi connectivity index (χ1) is 8.78. The molecule has 18 heavy (non-hydrogen) atoms. The lowest BCUT2D eigenvalue weighted by Crippen LogP contribution is -2.44. The van der Waals surface area contributed by atoms with E-state index >= 15 is 0 Å². The first kappa shape index (κ1) is 14.4. The van der Waals surface area contributed by atoms with Gasteiger partial charge in [0.15, 0.2) is 12.2 Å². The number of methoxy groups -OCH3 is 1. The molecule has 4 atom stereocenters. The van der Waals surface area contributed by atoms with Gasteiger partial charge in [-0.1, -0.05) is 0 Å². The summed E-state index contributed by atoms with van der Waals surface area (Å²) in [5.74, 6) is 0. The van der Waals surface area contributed by atoms with Crippen molar-refractivity contribution in [3.05, 3.63) is 0 Å².